The summed E-state index contributed by atoms with van der Waals surface area (Å²) in [4.78, 5) is 32.1. The second-order valence-corrected chi connectivity index (χ2v) is 12.0. The number of likely N-dealkylation sites (tertiary alicyclic amines) is 3. The number of nitrogens with zero attached hydrogens (tertiary/aromatic N) is 5. The van der Waals surface area contributed by atoms with E-state index >= 15 is 0 Å². The second kappa shape index (κ2) is 9.29. The Kier molecular flexibility index (Phi) is 6.73. The first kappa shape index (κ1) is 24.6. The number of piperazine rings is 1. The van der Waals surface area contributed by atoms with Crippen LogP contribution in [0.3, 0.4) is 0 Å². The van der Waals surface area contributed by atoms with Gasteiger partial charge in [0.15, 0.2) is 0 Å². The first-order chi connectivity index (χ1) is 16.1. The highest BCUT2D eigenvalue weighted by atomic mass is 32.2. The Bertz CT molecular complexity index is 1110. The zero-order valence-electron chi connectivity index (χ0n) is 20.2. The third kappa shape index (κ3) is 4.21. The van der Waals surface area contributed by atoms with Crippen LogP contribution in [0, 0.1) is 17.2 Å². The minimum atomic E-state index is -3.56. The highest BCUT2D eigenvalue weighted by Gasteiger charge is 2.51. The molecule has 0 saturated carbocycles. The summed E-state index contributed by atoms with van der Waals surface area (Å²) in [6.45, 7) is 5.63. The molecule has 0 aromatic heterocycles. The standard InChI is InChI=1S/C24H33N5O4S/c1-16(23(30)28-10-6-8-19(28)13-25)14-27-15-20-12-22(27)24(31)29(20)17(2)18-7-5-9-21(11-18)34(32,33)26(3)4/h5,7,9,11,16-17,19-20,22H,6,8,10,12,14-15H2,1-4H3/t16-,17+,19-,20-,22-/m0/s1. The van der Waals surface area contributed by atoms with E-state index in [9.17, 15) is 23.3 Å². The summed E-state index contributed by atoms with van der Waals surface area (Å²) in [5.41, 5.74) is 0.787. The maximum Gasteiger partial charge on any atom is 0.242 e. The van der Waals surface area contributed by atoms with Gasteiger partial charge in [-0.25, -0.2) is 12.7 Å². The summed E-state index contributed by atoms with van der Waals surface area (Å²) in [6, 6.07) is 8.20. The summed E-state index contributed by atoms with van der Waals surface area (Å²) >= 11 is 0. The smallest absolute Gasteiger partial charge is 0.242 e. The third-order valence-electron chi connectivity index (χ3n) is 7.47. The fourth-order valence-corrected chi connectivity index (χ4v) is 6.54. The highest BCUT2D eigenvalue weighted by Crippen LogP contribution is 2.38. The molecule has 0 spiro atoms. The van der Waals surface area contributed by atoms with E-state index in [1.165, 1.54) is 18.4 Å². The predicted molar refractivity (Wildman–Crippen MR) is 126 cm³/mol. The maximum atomic E-state index is 13.3. The number of hydrogen-bond acceptors (Lipinski definition) is 6. The van der Waals surface area contributed by atoms with Crippen LogP contribution in [0.2, 0.25) is 0 Å². The van der Waals surface area contributed by atoms with Crippen LogP contribution in [-0.2, 0) is 19.6 Å². The Labute approximate surface area is 201 Å². The number of hydrogen-bond donors (Lipinski definition) is 0. The fraction of sp³-hybridized carbons (Fsp3) is 0.625. The quantitative estimate of drug-likeness (QED) is 0.576. The lowest BCUT2D eigenvalue weighted by Crippen LogP contribution is -2.53. The van der Waals surface area contributed by atoms with Crippen molar-refractivity contribution in [2.24, 2.45) is 5.92 Å². The van der Waals surface area contributed by atoms with Gasteiger partial charge in [-0.05, 0) is 43.9 Å². The van der Waals surface area contributed by atoms with Crippen LogP contribution in [-0.4, -0.2) is 91.1 Å². The van der Waals surface area contributed by atoms with E-state index in [4.69, 9.17) is 0 Å². The number of carbonyl (C=O) groups is 2. The van der Waals surface area contributed by atoms with Crippen molar-refractivity contribution in [1.82, 2.24) is 19.0 Å². The molecule has 0 radical (unpaired) electrons. The lowest BCUT2D eigenvalue weighted by molar-refractivity contribution is -0.142. The normalized spacial score (nSPS) is 26.8. The van der Waals surface area contributed by atoms with Gasteiger partial charge in [0.05, 0.1) is 23.0 Å². The second-order valence-electron chi connectivity index (χ2n) is 9.86. The molecule has 0 N–H and O–H groups in total. The Hall–Kier alpha value is -2.48. The predicted octanol–water partition coefficient (Wildman–Crippen LogP) is 1.43. The average Bonchev–Trinajstić information content (AvgIpc) is 3.52. The zero-order chi connectivity index (χ0) is 24.8. The van der Waals surface area contributed by atoms with Gasteiger partial charge in [-0.3, -0.25) is 14.5 Å². The van der Waals surface area contributed by atoms with Gasteiger partial charge in [0.25, 0.3) is 0 Å². The van der Waals surface area contributed by atoms with Crippen LogP contribution >= 0.6 is 0 Å². The number of rotatable bonds is 7. The van der Waals surface area contributed by atoms with E-state index in [1.54, 1.807) is 23.1 Å². The molecule has 0 aliphatic carbocycles. The SMILES string of the molecule is C[C@H](c1cccc(S(=O)(=O)N(C)C)c1)N1C(=O)[C@@H]2C[C@H]1CN2C[C@H](C)C(=O)N1CCC[C@H]1C#N. The molecule has 9 nitrogen and oxygen atoms in total. The van der Waals surface area contributed by atoms with Crippen molar-refractivity contribution in [3.8, 4) is 6.07 Å². The molecule has 5 atom stereocenters. The van der Waals surface area contributed by atoms with Crippen molar-refractivity contribution in [1.29, 1.82) is 5.26 Å². The van der Waals surface area contributed by atoms with Crippen molar-refractivity contribution >= 4 is 21.8 Å². The van der Waals surface area contributed by atoms with Gasteiger partial charge in [0.1, 0.15) is 6.04 Å². The molecule has 3 aliphatic rings. The molecule has 2 bridgehead atoms. The first-order valence-corrected chi connectivity index (χ1v) is 13.3. The van der Waals surface area contributed by atoms with Crippen LogP contribution in [0.15, 0.2) is 29.2 Å². The minimum absolute atomic E-state index is 0.0107. The third-order valence-corrected chi connectivity index (χ3v) is 9.28. The summed E-state index contributed by atoms with van der Waals surface area (Å²) in [6.07, 6.45) is 2.30. The lowest BCUT2D eigenvalue weighted by atomic mass is 10.0. The van der Waals surface area contributed by atoms with Gasteiger partial charge in [-0.1, -0.05) is 19.1 Å². The first-order valence-electron chi connectivity index (χ1n) is 11.8. The van der Waals surface area contributed by atoms with E-state index in [-0.39, 0.29) is 46.8 Å². The molecule has 0 unspecified atom stereocenters. The van der Waals surface area contributed by atoms with Crippen molar-refractivity contribution in [2.75, 3.05) is 33.7 Å². The van der Waals surface area contributed by atoms with Crippen molar-refractivity contribution in [2.45, 2.75) is 62.2 Å². The molecule has 3 fully saturated rings. The van der Waals surface area contributed by atoms with E-state index in [1.807, 2.05) is 24.8 Å². The lowest BCUT2D eigenvalue weighted by Gasteiger charge is -2.38. The molecule has 3 saturated heterocycles. The topological polar surface area (TPSA) is 105 Å². The number of nitriles is 1. The molecule has 34 heavy (non-hydrogen) atoms. The van der Waals surface area contributed by atoms with Crippen molar-refractivity contribution < 1.29 is 18.0 Å². The summed E-state index contributed by atoms with van der Waals surface area (Å²) in [5, 5.41) is 9.30. The van der Waals surface area contributed by atoms with E-state index in [0.29, 0.717) is 26.1 Å². The van der Waals surface area contributed by atoms with Gasteiger partial charge in [0.2, 0.25) is 21.8 Å². The fourth-order valence-electron chi connectivity index (χ4n) is 5.58. The number of carbonyl (C=O) groups excluding carboxylic acids is 2. The van der Waals surface area contributed by atoms with Gasteiger partial charge < -0.3 is 9.80 Å². The van der Waals surface area contributed by atoms with Crippen LogP contribution in [0.1, 0.15) is 44.7 Å². The van der Waals surface area contributed by atoms with Crippen molar-refractivity contribution in [3.63, 3.8) is 0 Å². The monoisotopic (exact) mass is 487 g/mol. The molecular weight excluding hydrogens is 454 g/mol. The molecule has 1 aromatic rings. The van der Waals surface area contributed by atoms with E-state index in [0.717, 1.165) is 18.4 Å². The van der Waals surface area contributed by atoms with Gasteiger partial charge in [0, 0.05) is 45.7 Å². The van der Waals surface area contributed by atoms with Crippen LogP contribution < -0.4 is 0 Å². The van der Waals surface area contributed by atoms with E-state index < -0.39 is 10.0 Å². The molecule has 3 aliphatic heterocycles. The number of amides is 2. The molecule has 3 heterocycles. The number of sulfonamides is 1. The Balaban J connectivity index is 1.43. The summed E-state index contributed by atoms with van der Waals surface area (Å²) < 4.78 is 26.3. The molecule has 184 valence electrons. The van der Waals surface area contributed by atoms with Gasteiger partial charge in [-0.2, -0.15) is 5.26 Å². The Morgan fingerprint density at radius 3 is 2.68 bits per heavy atom. The summed E-state index contributed by atoms with van der Waals surface area (Å²) in [7, 11) is -0.560. The van der Waals surface area contributed by atoms with E-state index in [2.05, 4.69) is 11.0 Å². The molecule has 10 heteroatoms. The molecule has 2 amide bonds. The summed E-state index contributed by atoms with van der Waals surface area (Å²) in [5.74, 6) is -0.261. The maximum absolute atomic E-state index is 13.3. The molecular formula is C24H33N5O4S. The van der Waals surface area contributed by atoms with Crippen molar-refractivity contribution in [3.05, 3.63) is 29.8 Å². The van der Waals surface area contributed by atoms with Crippen LogP contribution in [0.5, 0.6) is 0 Å². The molecule has 1 aromatic carbocycles. The average molecular weight is 488 g/mol. The minimum Gasteiger partial charge on any atom is -0.330 e. The highest BCUT2D eigenvalue weighted by molar-refractivity contribution is 7.89. The Morgan fingerprint density at radius 1 is 1.29 bits per heavy atom. The van der Waals surface area contributed by atoms with Gasteiger partial charge >= 0.3 is 0 Å². The number of benzene rings is 1. The van der Waals surface area contributed by atoms with Crippen LogP contribution in [0.4, 0.5) is 0 Å². The largest absolute Gasteiger partial charge is 0.330 e. The van der Waals surface area contributed by atoms with Crippen LogP contribution in [0.25, 0.3) is 0 Å². The number of fused-ring (bicyclic) bond motifs is 2. The zero-order valence-corrected chi connectivity index (χ0v) is 21.0. The molecule has 4 rings (SSSR count). The van der Waals surface area contributed by atoms with Gasteiger partial charge in [-0.15, -0.1) is 0 Å². The Morgan fingerprint density at radius 2 is 2.03 bits per heavy atom.